The minimum atomic E-state index is -0.160. The highest BCUT2D eigenvalue weighted by Gasteiger charge is 2.32. The SMILES string of the molecule is Cc1nc(NC(=O)N2CCCC2c2nc3ccccc3s2)nn1C(C)C. The zero-order chi connectivity index (χ0) is 18.3. The molecule has 2 aromatic heterocycles. The Morgan fingerprint density at radius 1 is 1.31 bits per heavy atom. The fraction of sp³-hybridized carbons (Fsp3) is 0.444. The van der Waals surface area contributed by atoms with Crippen molar-refractivity contribution >= 4 is 33.5 Å². The van der Waals surface area contributed by atoms with Crippen LogP contribution in [0.15, 0.2) is 24.3 Å². The second kappa shape index (κ2) is 6.68. The number of benzene rings is 1. The predicted molar refractivity (Wildman–Crippen MR) is 102 cm³/mol. The summed E-state index contributed by atoms with van der Waals surface area (Å²) in [7, 11) is 0. The predicted octanol–water partition coefficient (Wildman–Crippen LogP) is 4.15. The molecule has 1 fully saturated rings. The molecule has 0 bridgehead atoms. The molecule has 0 aliphatic carbocycles. The summed E-state index contributed by atoms with van der Waals surface area (Å²) in [5.41, 5.74) is 0.993. The maximum absolute atomic E-state index is 12.8. The van der Waals surface area contributed by atoms with Crippen LogP contribution in [0.5, 0.6) is 0 Å². The van der Waals surface area contributed by atoms with E-state index < -0.39 is 0 Å². The third kappa shape index (κ3) is 3.05. The van der Waals surface area contributed by atoms with E-state index in [2.05, 4.69) is 21.5 Å². The molecule has 0 spiro atoms. The molecule has 136 valence electrons. The first-order chi connectivity index (χ1) is 12.5. The summed E-state index contributed by atoms with van der Waals surface area (Å²) in [4.78, 5) is 23.8. The summed E-state index contributed by atoms with van der Waals surface area (Å²) in [6.45, 7) is 6.69. The molecular formula is C18H22N6OS. The van der Waals surface area contributed by atoms with Gasteiger partial charge >= 0.3 is 6.03 Å². The monoisotopic (exact) mass is 370 g/mol. The van der Waals surface area contributed by atoms with Crippen LogP contribution in [0.4, 0.5) is 10.7 Å². The van der Waals surface area contributed by atoms with Crippen molar-refractivity contribution < 1.29 is 4.79 Å². The van der Waals surface area contributed by atoms with Gasteiger partial charge in [-0.1, -0.05) is 12.1 Å². The average molecular weight is 370 g/mol. The summed E-state index contributed by atoms with van der Waals surface area (Å²) in [5, 5.41) is 8.24. The number of amides is 2. The van der Waals surface area contributed by atoms with Crippen molar-refractivity contribution in [2.45, 2.75) is 45.7 Å². The van der Waals surface area contributed by atoms with Gasteiger partial charge in [-0.15, -0.1) is 16.4 Å². The lowest BCUT2D eigenvalue weighted by Crippen LogP contribution is -2.34. The Hall–Kier alpha value is -2.48. The van der Waals surface area contributed by atoms with Crippen molar-refractivity contribution in [2.24, 2.45) is 0 Å². The molecule has 0 radical (unpaired) electrons. The molecule has 2 amide bonds. The zero-order valence-corrected chi connectivity index (χ0v) is 16.0. The van der Waals surface area contributed by atoms with Crippen LogP contribution in [-0.2, 0) is 0 Å². The highest BCUT2D eigenvalue weighted by atomic mass is 32.1. The topological polar surface area (TPSA) is 75.9 Å². The lowest BCUT2D eigenvalue weighted by Gasteiger charge is -2.22. The first-order valence-corrected chi connectivity index (χ1v) is 9.71. The van der Waals surface area contributed by atoms with Gasteiger partial charge in [-0.05, 0) is 45.7 Å². The summed E-state index contributed by atoms with van der Waals surface area (Å²) in [5.74, 6) is 1.15. The minimum Gasteiger partial charge on any atom is -0.315 e. The molecule has 1 aromatic carbocycles. The van der Waals surface area contributed by atoms with E-state index in [1.807, 2.05) is 48.6 Å². The molecule has 0 saturated carbocycles. The number of hydrogen-bond acceptors (Lipinski definition) is 5. The summed E-state index contributed by atoms with van der Waals surface area (Å²) < 4.78 is 2.97. The van der Waals surface area contributed by atoms with Gasteiger partial charge in [-0.3, -0.25) is 5.32 Å². The Labute approximate surface area is 156 Å². The second-order valence-electron chi connectivity index (χ2n) is 6.82. The smallest absolute Gasteiger partial charge is 0.315 e. The van der Waals surface area contributed by atoms with Crippen LogP contribution in [0.3, 0.4) is 0 Å². The van der Waals surface area contributed by atoms with Gasteiger partial charge in [0.15, 0.2) is 0 Å². The van der Waals surface area contributed by atoms with E-state index in [0.29, 0.717) is 5.95 Å². The lowest BCUT2D eigenvalue weighted by molar-refractivity contribution is 0.207. The van der Waals surface area contributed by atoms with E-state index in [9.17, 15) is 4.79 Å². The van der Waals surface area contributed by atoms with Crippen LogP contribution in [0.1, 0.15) is 49.6 Å². The number of aryl methyl sites for hydroxylation is 1. The van der Waals surface area contributed by atoms with Crippen LogP contribution >= 0.6 is 11.3 Å². The number of hydrogen-bond donors (Lipinski definition) is 1. The fourth-order valence-electron chi connectivity index (χ4n) is 3.41. The van der Waals surface area contributed by atoms with Crippen molar-refractivity contribution in [3.63, 3.8) is 0 Å². The number of aromatic nitrogens is 4. The molecule has 1 N–H and O–H groups in total. The van der Waals surface area contributed by atoms with Crippen molar-refractivity contribution in [3.05, 3.63) is 35.1 Å². The van der Waals surface area contributed by atoms with Crippen LogP contribution in [-0.4, -0.2) is 37.2 Å². The molecule has 1 aliphatic heterocycles. The Kier molecular flexibility index (Phi) is 4.36. The van der Waals surface area contributed by atoms with Crippen LogP contribution < -0.4 is 5.32 Å². The van der Waals surface area contributed by atoms with E-state index in [4.69, 9.17) is 4.98 Å². The van der Waals surface area contributed by atoms with Crippen LogP contribution in [0.2, 0.25) is 0 Å². The van der Waals surface area contributed by atoms with Crippen molar-refractivity contribution in [1.82, 2.24) is 24.6 Å². The number of carbonyl (C=O) groups excluding carboxylic acids is 1. The summed E-state index contributed by atoms with van der Waals surface area (Å²) in [6.07, 6.45) is 1.90. The highest BCUT2D eigenvalue weighted by molar-refractivity contribution is 7.18. The molecule has 1 unspecified atom stereocenters. The fourth-order valence-corrected chi connectivity index (χ4v) is 4.53. The number of nitrogens with one attached hydrogen (secondary N) is 1. The minimum absolute atomic E-state index is 0.0145. The Morgan fingerprint density at radius 3 is 2.85 bits per heavy atom. The number of thiazole rings is 1. The maximum Gasteiger partial charge on any atom is 0.324 e. The molecule has 1 aliphatic rings. The molecule has 7 nitrogen and oxygen atoms in total. The van der Waals surface area contributed by atoms with Gasteiger partial charge in [0.05, 0.1) is 16.3 Å². The van der Waals surface area contributed by atoms with Gasteiger partial charge in [0.2, 0.25) is 5.95 Å². The van der Waals surface area contributed by atoms with Gasteiger partial charge in [0.1, 0.15) is 10.8 Å². The Bertz CT molecular complexity index is 913. The van der Waals surface area contributed by atoms with Crippen molar-refractivity contribution in [2.75, 3.05) is 11.9 Å². The molecule has 1 saturated heterocycles. The molecule has 3 heterocycles. The molecule has 8 heteroatoms. The van der Waals surface area contributed by atoms with Crippen LogP contribution in [0.25, 0.3) is 10.2 Å². The molecule has 3 aromatic rings. The average Bonchev–Trinajstić information content (AvgIpc) is 3.31. The Balaban J connectivity index is 1.54. The number of rotatable bonds is 3. The van der Waals surface area contributed by atoms with Crippen molar-refractivity contribution in [1.29, 1.82) is 0 Å². The van der Waals surface area contributed by atoms with E-state index in [-0.39, 0.29) is 18.1 Å². The maximum atomic E-state index is 12.8. The zero-order valence-electron chi connectivity index (χ0n) is 15.1. The molecular weight excluding hydrogens is 348 g/mol. The molecule has 26 heavy (non-hydrogen) atoms. The summed E-state index contributed by atoms with van der Waals surface area (Å²) in [6, 6.07) is 8.15. The Morgan fingerprint density at radius 2 is 2.12 bits per heavy atom. The van der Waals surface area contributed by atoms with Gasteiger partial charge < -0.3 is 4.90 Å². The molecule has 4 rings (SSSR count). The number of likely N-dealkylation sites (tertiary alicyclic amines) is 1. The number of anilines is 1. The second-order valence-corrected chi connectivity index (χ2v) is 7.88. The van der Waals surface area contributed by atoms with E-state index in [0.717, 1.165) is 40.4 Å². The van der Waals surface area contributed by atoms with Gasteiger partial charge in [0, 0.05) is 12.6 Å². The molecule has 1 atom stereocenters. The number of para-hydroxylation sites is 1. The largest absolute Gasteiger partial charge is 0.324 e. The van der Waals surface area contributed by atoms with Gasteiger partial charge in [-0.25, -0.2) is 14.5 Å². The first kappa shape index (κ1) is 17.0. The van der Waals surface area contributed by atoms with Gasteiger partial charge in [0.25, 0.3) is 0 Å². The first-order valence-electron chi connectivity index (χ1n) is 8.89. The van der Waals surface area contributed by atoms with Crippen molar-refractivity contribution in [3.8, 4) is 0 Å². The number of fused-ring (bicyclic) bond motifs is 1. The standard InChI is InChI=1S/C18H22N6OS/c1-11(2)24-12(3)19-17(22-24)21-18(25)23-10-6-8-14(23)16-20-13-7-4-5-9-15(13)26-16/h4-5,7,9,11,14H,6,8,10H2,1-3H3,(H,21,22,25). The third-order valence-electron chi connectivity index (χ3n) is 4.62. The lowest BCUT2D eigenvalue weighted by atomic mass is 10.2. The normalized spacial score (nSPS) is 17.4. The summed E-state index contributed by atoms with van der Waals surface area (Å²) >= 11 is 1.66. The van der Waals surface area contributed by atoms with Gasteiger partial charge in [-0.2, -0.15) is 4.98 Å². The van der Waals surface area contributed by atoms with E-state index >= 15 is 0 Å². The third-order valence-corrected chi connectivity index (χ3v) is 5.76. The number of urea groups is 1. The van der Waals surface area contributed by atoms with Crippen LogP contribution in [0, 0.1) is 6.92 Å². The number of carbonyl (C=O) groups is 1. The van der Waals surface area contributed by atoms with E-state index in [1.54, 1.807) is 11.3 Å². The van der Waals surface area contributed by atoms with E-state index in [1.165, 1.54) is 0 Å². The highest BCUT2D eigenvalue weighted by Crippen LogP contribution is 2.36. The quantitative estimate of drug-likeness (QED) is 0.751. The number of nitrogens with zero attached hydrogens (tertiary/aromatic N) is 5.